The SMILES string of the molecule is CCc1ccc2c(c1)nc1n(C)c(CCN)cn21. The maximum atomic E-state index is 5.63. The van der Waals surface area contributed by atoms with Gasteiger partial charge in [-0.1, -0.05) is 13.0 Å². The topological polar surface area (TPSA) is 48.2 Å². The number of fused-ring (bicyclic) bond motifs is 3. The second kappa shape index (κ2) is 4.14. The molecule has 0 saturated heterocycles. The number of nitrogens with zero attached hydrogens (tertiary/aromatic N) is 3. The summed E-state index contributed by atoms with van der Waals surface area (Å²) in [6.45, 7) is 2.83. The van der Waals surface area contributed by atoms with Crippen LogP contribution in [-0.2, 0) is 19.9 Å². The van der Waals surface area contributed by atoms with Crippen LogP contribution in [0.2, 0.25) is 0 Å². The summed E-state index contributed by atoms with van der Waals surface area (Å²) >= 11 is 0. The second-order valence-corrected chi connectivity index (χ2v) is 4.68. The van der Waals surface area contributed by atoms with Crippen LogP contribution in [0.1, 0.15) is 18.2 Å². The van der Waals surface area contributed by atoms with Crippen LogP contribution in [0, 0.1) is 0 Å². The summed E-state index contributed by atoms with van der Waals surface area (Å²) in [5.41, 5.74) is 10.4. The highest BCUT2D eigenvalue weighted by atomic mass is 15.2. The van der Waals surface area contributed by atoms with Crippen molar-refractivity contribution in [3.05, 3.63) is 35.7 Å². The molecule has 3 rings (SSSR count). The lowest BCUT2D eigenvalue weighted by Crippen LogP contribution is -2.06. The Morgan fingerprint density at radius 2 is 2.17 bits per heavy atom. The molecule has 4 nitrogen and oxygen atoms in total. The molecule has 0 aliphatic carbocycles. The van der Waals surface area contributed by atoms with Gasteiger partial charge in [-0.25, -0.2) is 4.98 Å². The summed E-state index contributed by atoms with van der Waals surface area (Å²) in [6.07, 6.45) is 4.07. The second-order valence-electron chi connectivity index (χ2n) is 4.68. The predicted octanol–water partition coefficient (Wildman–Crippen LogP) is 1.89. The molecule has 0 aliphatic heterocycles. The molecular formula is C14H18N4. The van der Waals surface area contributed by atoms with E-state index in [4.69, 9.17) is 10.7 Å². The van der Waals surface area contributed by atoms with Gasteiger partial charge in [-0.05, 0) is 30.7 Å². The molecule has 2 aromatic heterocycles. The standard InChI is InChI=1S/C14H18N4/c1-3-10-4-5-13-12(8-10)16-14-17(2)11(6-7-15)9-18(13)14/h4-5,8-9H,3,6-7,15H2,1-2H3. The molecule has 2 heterocycles. The minimum atomic E-state index is 0.666. The van der Waals surface area contributed by atoms with Crippen LogP contribution in [0.4, 0.5) is 0 Å². The fraction of sp³-hybridized carbons (Fsp3) is 0.357. The monoisotopic (exact) mass is 242 g/mol. The number of benzene rings is 1. The fourth-order valence-corrected chi connectivity index (χ4v) is 2.46. The zero-order chi connectivity index (χ0) is 12.7. The maximum Gasteiger partial charge on any atom is 0.214 e. The van der Waals surface area contributed by atoms with E-state index in [0.29, 0.717) is 6.54 Å². The van der Waals surface area contributed by atoms with E-state index in [2.05, 4.69) is 40.3 Å². The summed E-state index contributed by atoms with van der Waals surface area (Å²) < 4.78 is 4.28. The number of aromatic nitrogens is 3. The van der Waals surface area contributed by atoms with Gasteiger partial charge in [0.15, 0.2) is 0 Å². The van der Waals surface area contributed by atoms with Crippen molar-refractivity contribution < 1.29 is 0 Å². The number of imidazole rings is 2. The van der Waals surface area contributed by atoms with E-state index >= 15 is 0 Å². The molecule has 0 unspecified atom stereocenters. The molecule has 3 aromatic rings. The number of aryl methyl sites for hydroxylation is 2. The Labute approximate surface area is 106 Å². The molecule has 2 N–H and O–H groups in total. The number of hydrogen-bond acceptors (Lipinski definition) is 2. The molecule has 0 amide bonds. The molecule has 0 atom stereocenters. The highest BCUT2D eigenvalue weighted by molar-refractivity contribution is 5.80. The van der Waals surface area contributed by atoms with Gasteiger partial charge in [0.05, 0.1) is 11.0 Å². The highest BCUT2D eigenvalue weighted by Gasteiger charge is 2.11. The van der Waals surface area contributed by atoms with Gasteiger partial charge in [0, 0.05) is 25.4 Å². The average Bonchev–Trinajstić information content (AvgIpc) is 2.88. The van der Waals surface area contributed by atoms with E-state index < -0.39 is 0 Å². The van der Waals surface area contributed by atoms with Crippen LogP contribution in [0.5, 0.6) is 0 Å². The number of nitrogens with two attached hydrogens (primary N) is 1. The van der Waals surface area contributed by atoms with E-state index in [0.717, 1.165) is 24.1 Å². The third-order valence-corrected chi connectivity index (χ3v) is 3.55. The fourth-order valence-electron chi connectivity index (χ4n) is 2.46. The third kappa shape index (κ3) is 1.53. The summed E-state index contributed by atoms with van der Waals surface area (Å²) in [5, 5.41) is 0. The van der Waals surface area contributed by atoms with Crippen molar-refractivity contribution in [2.45, 2.75) is 19.8 Å². The lowest BCUT2D eigenvalue weighted by atomic mass is 10.1. The summed E-state index contributed by atoms with van der Waals surface area (Å²) in [5.74, 6) is 0.988. The zero-order valence-corrected chi connectivity index (χ0v) is 10.8. The molecule has 0 fully saturated rings. The first kappa shape index (κ1) is 11.3. The van der Waals surface area contributed by atoms with E-state index in [9.17, 15) is 0 Å². The normalized spacial score (nSPS) is 11.7. The molecule has 0 radical (unpaired) electrons. The Hall–Kier alpha value is -1.81. The summed E-state index contributed by atoms with van der Waals surface area (Å²) in [4.78, 5) is 4.71. The van der Waals surface area contributed by atoms with Gasteiger partial charge < -0.3 is 10.3 Å². The first-order chi connectivity index (χ1) is 8.74. The Morgan fingerprint density at radius 1 is 1.33 bits per heavy atom. The summed E-state index contributed by atoms with van der Waals surface area (Å²) in [6, 6.07) is 6.50. The van der Waals surface area contributed by atoms with E-state index in [1.54, 1.807) is 0 Å². The van der Waals surface area contributed by atoms with Crippen LogP contribution < -0.4 is 5.73 Å². The van der Waals surface area contributed by atoms with Crippen LogP contribution in [0.15, 0.2) is 24.4 Å². The van der Waals surface area contributed by atoms with Gasteiger partial charge in [-0.15, -0.1) is 0 Å². The smallest absolute Gasteiger partial charge is 0.214 e. The molecule has 0 spiro atoms. The minimum Gasteiger partial charge on any atom is -0.330 e. The summed E-state index contributed by atoms with van der Waals surface area (Å²) in [7, 11) is 2.05. The van der Waals surface area contributed by atoms with Gasteiger partial charge >= 0.3 is 0 Å². The largest absolute Gasteiger partial charge is 0.330 e. The minimum absolute atomic E-state index is 0.666. The third-order valence-electron chi connectivity index (χ3n) is 3.55. The molecule has 0 bridgehead atoms. The van der Waals surface area contributed by atoms with E-state index in [-0.39, 0.29) is 0 Å². The van der Waals surface area contributed by atoms with Crippen molar-refractivity contribution in [2.24, 2.45) is 12.8 Å². The molecular weight excluding hydrogens is 224 g/mol. The lowest BCUT2D eigenvalue weighted by Gasteiger charge is -1.99. The van der Waals surface area contributed by atoms with Gasteiger partial charge in [0.25, 0.3) is 0 Å². The Morgan fingerprint density at radius 3 is 2.89 bits per heavy atom. The van der Waals surface area contributed by atoms with Crippen LogP contribution in [-0.4, -0.2) is 20.5 Å². The highest BCUT2D eigenvalue weighted by Crippen LogP contribution is 2.20. The van der Waals surface area contributed by atoms with E-state index in [1.807, 2.05) is 7.05 Å². The van der Waals surface area contributed by atoms with Crippen molar-refractivity contribution in [1.29, 1.82) is 0 Å². The maximum absolute atomic E-state index is 5.63. The average molecular weight is 242 g/mol. The van der Waals surface area contributed by atoms with Gasteiger partial charge in [-0.3, -0.25) is 4.40 Å². The Bertz CT molecular complexity index is 705. The Balaban J connectivity index is 2.26. The van der Waals surface area contributed by atoms with Crippen molar-refractivity contribution in [1.82, 2.24) is 14.0 Å². The van der Waals surface area contributed by atoms with E-state index in [1.165, 1.54) is 16.8 Å². The van der Waals surface area contributed by atoms with Crippen molar-refractivity contribution in [2.75, 3.05) is 6.54 Å². The predicted molar refractivity (Wildman–Crippen MR) is 73.8 cm³/mol. The van der Waals surface area contributed by atoms with Crippen molar-refractivity contribution in [3.63, 3.8) is 0 Å². The van der Waals surface area contributed by atoms with Crippen LogP contribution in [0.3, 0.4) is 0 Å². The molecule has 0 aliphatic rings. The van der Waals surface area contributed by atoms with Gasteiger partial charge in [0.2, 0.25) is 5.78 Å². The Kier molecular flexibility index (Phi) is 2.59. The zero-order valence-electron chi connectivity index (χ0n) is 10.8. The molecule has 94 valence electrons. The van der Waals surface area contributed by atoms with Gasteiger partial charge in [0.1, 0.15) is 0 Å². The lowest BCUT2D eigenvalue weighted by molar-refractivity contribution is 0.820. The van der Waals surface area contributed by atoms with Crippen molar-refractivity contribution in [3.8, 4) is 0 Å². The van der Waals surface area contributed by atoms with Crippen LogP contribution in [0.25, 0.3) is 16.8 Å². The number of rotatable bonds is 3. The quantitative estimate of drug-likeness (QED) is 0.762. The molecule has 0 saturated carbocycles. The molecule has 4 heteroatoms. The molecule has 18 heavy (non-hydrogen) atoms. The molecule has 1 aromatic carbocycles. The first-order valence-electron chi connectivity index (χ1n) is 6.40. The van der Waals surface area contributed by atoms with Crippen LogP contribution >= 0.6 is 0 Å². The van der Waals surface area contributed by atoms with Gasteiger partial charge in [-0.2, -0.15) is 0 Å². The number of hydrogen-bond donors (Lipinski definition) is 1. The first-order valence-corrected chi connectivity index (χ1v) is 6.40. The van der Waals surface area contributed by atoms with Crippen molar-refractivity contribution >= 4 is 16.8 Å².